The van der Waals surface area contributed by atoms with Gasteiger partial charge in [0.1, 0.15) is 0 Å². The van der Waals surface area contributed by atoms with Crippen LogP contribution in [0.25, 0.3) is 16.6 Å². The quantitative estimate of drug-likeness (QED) is 0.609. The number of hydrogen-bond donors (Lipinski definition) is 0. The minimum absolute atomic E-state index is 0. The lowest BCUT2D eigenvalue weighted by atomic mass is 10.0. The molecular weight excluding hydrogens is 336 g/mol. The number of aromatic nitrogens is 1. The van der Waals surface area contributed by atoms with Gasteiger partial charge >= 0.3 is 0 Å². The number of rotatable bonds is 4. The van der Waals surface area contributed by atoms with E-state index in [-0.39, 0.29) is 17.0 Å². The SMILES string of the molecule is C[N+](C)(C)CCc1c(-c2ccccc2)cn2ccccc12.[Br-]. The predicted molar refractivity (Wildman–Crippen MR) is 89.4 cm³/mol. The number of halogens is 1. The van der Waals surface area contributed by atoms with Crippen molar-refractivity contribution in [2.75, 3.05) is 27.7 Å². The van der Waals surface area contributed by atoms with Crippen LogP contribution >= 0.6 is 0 Å². The number of fused-ring (bicyclic) bond motifs is 1. The van der Waals surface area contributed by atoms with Gasteiger partial charge in [0.15, 0.2) is 0 Å². The number of hydrogen-bond acceptors (Lipinski definition) is 0. The molecule has 0 amide bonds. The second-order valence-corrected chi connectivity index (χ2v) is 6.64. The number of quaternary nitrogens is 1. The maximum atomic E-state index is 2.26. The number of nitrogens with zero attached hydrogens (tertiary/aromatic N) is 2. The Labute approximate surface area is 143 Å². The summed E-state index contributed by atoms with van der Waals surface area (Å²) < 4.78 is 3.23. The summed E-state index contributed by atoms with van der Waals surface area (Å²) in [4.78, 5) is 0. The highest BCUT2D eigenvalue weighted by molar-refractivity contribution is 5.76. The summed E-state index contributed by atoms with van der Waals surface area (Å²) in [6.45, 7) is 1.13. The summed E-state index contributed by atoms with van der Waals surface area (Å²) in [5, 5.41) is 0. The Balaban J connectivity index is 0.00000176. The van der Waals surface area contributed by atoms with Crippen molar-refractivity contribution in [3.8, 4) is 11.1 Å². The maximum absolute atomic E-state index is 2.26. The molecule has 116 valence electrons. The monoisotopic (exact) mass is 358 g/mol. The minimum atomic E-state index is 0. The molecule has 0 saturated carbocycles. The van der Waals surface area contributed by atoms with Crippen molar-refractivity contribution in [2.45, 2.75) is 6.42 Å². The van der Waals surface area contributed by atoms with E-state index in [1.807, 2.05) is 0 Å². The molecule has 0 fully saturated rings. The van der Waals surface area contributed by atoms with Gasteiger partial charge < -0.3 is 25.9 Å². The largest absolute Gasteiger partial charge is 1.00 e. The zero-order chi connectivity index (χ0) is 14.9. The second-order valence-electron chi connectivity index (χ2n) is 6.64. The fourth-order valence-corrected chi connectivity index (χ4v) is 2.76. The Kier molecular flexibility index (Phi) is 5.09. The van der Waals surface area contributed by atoms with Gasteiger partial charge in [-0.3, -0.25) is 0 Å². The first-order valence-corrected chi connectivity index (χ1v) is 7.49. The highest BCUT2D eigenvalue weighted by Gasteiger charge is 2.15. The van der Waals surface area contributed by atoms with Crippen LogP contribution in [0, 0.1) is 0 Å². The third-order valence-electron chi connectivity index (χ3n) is 3.91. The van der Waals surface area contributed by atoms with Crippen LogP contribution in [0.1, 0.15) is 5.56 Å². The van der Waals surface area contributed by atoms with E-state index in [1.54, 1.807) is 0 Å². The zero-order valence-corrected chi connectivity index (χ0v) is 15.0. The molecule has 0 atom stereocenters. The molecule has 0 saturated heterocycles. The standard InChI is InChI=1S/C19H23N2.BrH/c1-21(2,3)14-12-17-18(16-9-5-4-6-10-16)15-20-13-8-7-11-19(17)20;/h4-11,13,15H,12,14H2,1-3H3;1H/q+1;/p-1. The first kappa shape index (κ1) is 16.8. The summed E-state index contributed by atoms with van der Waals surface area (Å²) >= 11 is 0. The number of benzene rings is 1. The molecular formula is C19H23BrN2. The Morgan fingerprint density at radius 3 is 2.27 bits per heavy atom. The topological polar surface area (TPSA) is 4.41 Å². The molecule has 0 unspecified atom stereocenters. The molecule has 2 nitrogen and oxygen atoms in total. The molecule has 0 N–H and O–H groups in total. The van der Waals surface area contributed by atoms with E-state index in [2.05, 4.69) is 86.5 Å². The average Bonchev–Trinajstić information content (AvgIpc) is 2.84. The Morgan fingerprint density at radius 1 is 0.909 bits per heavy atom. The molecule has 0 spiro atoms. The number of likely N-dealkylation sites (N-methyl/N-ethyl adjacent to an activating group) is 1. The first-order valence-electron chi connectivity index (χ1n) is 7.49. The normalized spacial score (nSPS) is 11.4. The highest BCUT2D eigenvalue weighted by atomic mass is 79.9. The van der Waals surface area contributed by atoms with Crippen molar-refractivity contribution in [3.05, 3.63) is 66.5 Å². The molecule has 2 heterocycles. The summed E-state index contributed by atoms with van der Waals surface area (Å²) in [6.07, 6.45) is 5.49. The average molecular weight is 359 g/mol. The minimum Gasteiger partial charge on any atom is -1.00 e. The Bertz CT molecular complexity index is 739. The summed E-state index contributed by atoms with van der Waals surface area (Å²) in [5.74, 6) is 0. The van der Waals surface area contributed by atoms with Gasteiger partial charge in [0.05, 0.1) is 27.7 Å². The van der Waals surface area contributed by atoms with Gasteiger partial charge in [0, 0.05) is 29.9 Å². The lowest BCUT2D eigenvalue weighted by molar-refractivity contribution is -0.870. The van der Waals surface area contributed by atoms with Gasteiger partial charge in [-0.2, -0.15) is 0 Å². The van der Waals surface area contributed by atoms with Crippen LogP contribution < -0.4 is 17.0 Å². The van der Waals surface area contributed by atoms with Crippen LogP contribution in [0.3, 0.4) is 0 Å². The Morgan fingerprint density at radius 2 is 1.59 bits per heavy atom. The van der Waals surface area contributed by atoms with Gasteiger partial charge in [-0.05, 0) is 23.3 Å². The van der Waals surface area contributed by atoms with Crippen LogP contribution in [0.2, 0.25) is 0 Å². The molecule has 1 aromatic carbocycles. The molecule has 0 aliphatic rings. The smallest absolute Gasteiger partial charge is 0.0822 e. The van der Waals surface area contributed by atoms with Crippen LogP contribution in [-0.2, 0) is 6.42 Å². The van der Waals surface area contributed by atoms with Crippen LogP contribution in [0.5, 0.6) is 0 Å². The lowest BCUT2D eigenvalue weighted by Gasteiger charge is -2.24. The third-order valence-corrected chi connectivity index (χ3v) is 3.91. The van der Waals surface area contributed by atoms with E-state index >= 15 is 0 Å². The fourth-order valence-electron chi connectivity index (χ4n) is 2.76. The van der Waals surface area contributed by atoms with E-state index in [9.17, 15) is 0 Å². The molecule has 2 aromatic heterocycles. The second kappa shape index (κ2) is 6.67. The van der Waals surface area contributed by atoms with Crippen molar-refractivity contribution in [3.63, 3.8) is 0 Å². The van der Waals surface area contributed by atoms with Gasteiger partial charge in [-0.15, -0.1) is 0 Å². The molecule has 0 bridgehead atoms. The van der Waals surface area contributed by atoms with Gasteiger partial charge in [-0.25, -0.2) is 0 Å². The molecule has 3 aromatic rings. The first-order chi connectivity index (χ1) is 10.0. The molecule has 0 aliphatic carbocycles. The number of pyridine rings is 1. The molecule has 3 heteroatoms. The fraction of sp³-hybridized carbons (Fsp3) is 0.263. The highest BCUT2D eigenvalue weighted by Crippen LogP contribution is 2.29. The van der Waals surface area contributed by atoms with E-state index in [0.29, 0.717) is 0 Å². The van der Waals surface area contributed by atoms with Crippen molar-refractivity contribution >= 4 is 5.52 Å². The van der Waals surface area contributed by atoms with E-state index in [1.165, 1.54) is 22.2 Å². The van der Waals surface area contributed by atoms with Crippen LogP contribution in [0.15, 0.2) is 60.9 Å². The summed E-state index contributed by atoms with van der Waals surface area (Å²) in [7, 11) is 6.75. The molecule has 3 rings (SSSR count). The van der Waals surface area contributed by atoms with Crippen molar-refractivity contribution in [1.82, 2.24) is 4.40 Å². The van der Waals surface area contributed by atoms with Crippen LogP contribution in [0.4, 0.5) is 0 Å². The molecule has 22 heavy (non-hydrogen) atoms. The van der Waals surface area contributed by atoms with Gasteiger partial charge in [0.25, 0.3) is 0 Å². The van der Waals surface area contributed by atoms with Crippen molar-refractivity contribution < 1.29 is 21.5 Å². The van der Waals surface area contributed by atoms with Crippen molar-refractivity contribution in [2.24, 2.45) is 0 Å². The van der Waals surface area contributed by atoms with Gasteiger partial charge in [0.2, 0.25) is 0 Å². The van der Waals surface area contributed by atoms with Crippen LogP contribution in [-0.4, -0.2) is 36.6 Å². The van der Waals surface area contributed by atoms with Gasteiger partial charge in [-0.1, -0.05) is 36.4 Å². The Hall–Kier alpha value is -1.58. The van der Waals surface area contributed by atoms with E-state index < -0.39 is 0 Å². The summed E-state index contributed by atoms with van der Waals surface area (Å²) in [5.41, 5.74) is 5.44. The summed E-state index contributed by atoms with van der Waals surface area (Å²) in [6, 6.07) is 17.1. The lowest BCUT2D eigenvalue weighted by Crippen LogP contribution is -3.00. The molecule has 0 aliphatic heterocycles. The zero-order valence-electron chi connectivity index (χ0n) is 13.5. The molecule has 0 radical (unpaired) electrons. The van der Waals surface area contributed by atoms with E-state index in [0.717, 1.165) is 17.4 Å². The maximum Gasteiger partial charge on any atom is 0.0822 e. The van der Waals surface area contributed by atoms with Crippen molar-refractivity contribution in [1.29, 1.82) is 0 Å². The van der Waals surface area contributed by atoms with E-state index in [4.69, 9.17) is 0 Å². The predicted octanol–water partition coefficient (Wildman–Crippen LogP) is 0.859. The third kappa shape index (κ3) is 3.60.